The number of nitrogens with one attached hydrogen (secondary N) is 1. The molecule has 0 atom stereocenters. The molecule has 2 saturated heterocycles. The van der Waals surface area contributed by atoms with Gasteiger partial charge in [-0.15, -0.1) is 11.8 Å². The number of anilines is 2. The first-order valence-corrected chi connectivity index (χ1v) is 11.6. The number of nitrogens with zero attached hydrogens (tertiary/aromatic N) is 2. The van der Waals surface area contributed by atoms with Crippen molar-refractivity contribution >= 4 is 46.7 Å². The molecule has 0 saturated carbocycles. The second kappa shape index (κ2) is 8.52. The maximum absolute atomic E-state index is 12.8. The fourth-order valence-corrected chi connectivity index (χ4v) is 5.56. The molecule has 158 valence electrons. The van der Waals surface area contributed by atoms with Gasteiger partial charge in [-0.1, -0.05) is 37.6 Å². The van der Waals surface area contributed by atoms with Gasteiger partial charge in [0.05, 0.1) is 10.6 Å². The second-order valence-electron chi connectivity index (χ2n) is 8.13. The number of amides is 3. The van der Waals surface area contributed by atoms with Crippen LogP contribution in [-0.2, 0) is 4.79 Å². The Morgan fingerprint density at radius 1 is 1.07 bits per heavy atom. The molecule has 0 aromatic heterocycles. The third-order valence-corrected chi connectivity index (χ3v) is 7.64. The van der Waals surface area contributed by atoms with E-state index in [2.05, 4.69) is 31.3 Å². The van der Waals surface area contributed by atoms with Gasteiger partial charge in [0.1, 0.15) is 0 Å². The Hall–Kier alpha value is -2.18. The molecule has 3 amide bonds. The van der Waals surface area contributed by atoms with E-state index in [-0.39, 0.29) is 16.8 Å². The highest BCUT2D eigenvalue weighted by atomic mass is 35.5. The summed E-state index contributed by atoms with van der Waals surface area (Å²) in [5.41, 5.74) is 2.92. The summed E-state index contributed by atoms with van der Waals surface area (Å²) in [4.78, 5) is 28.9. The zero-order valence-electron chi connectivity index (χ0n) is 17.2. The summed E-state index contributed by atoms with van der Waals surface area (Å²) in [7, 11) is 0. The van der Waals surface area contributed by atoms with Crippen molar-refractivity contribution in [3.63, 3.8) is 0 Å². The van der Waals surface area contributed by atoms with Crippen molar-refractivity contribution in [3.05, 3.63) is 59.1 Å². The Morgan fingerprint density at radius 3 is 2.30 bits per heavy atom. The number of carbonyl (C=O) groups is 2. The fourth-order valence-electron chi connectivity index (χ4n) is 4.10. The van der Waals surface area contributed by atoms with E-state index >= 15 is 0 Å². The van der Waals surface area contributed by atoms with Crippen LogP contribution >= 0.6 is 23.4 Å². The van der Waals surface area contributed by atoms with E-state index in [9.17, 15) is 9.59 Å². The average molecular weight is 444 g/mol. The SMILES string of the molecule is CC(C)c1ccc(NC(=O)N2CCC3(CC2)SCC(=O)N3c2ccc(Cl)cc2)cc1. The van der Waals surface area contributed by atoms with Gasteiger partial charge in [-0.25, -0.2) is 4.79 Å². The van der Waals surface area contributed by atoms with Crippen molar-refractivity contribution in [2.45, 2.75) is 37.5 Å². The molecule has 0 aliphatic carbocycles. The minimum atomic E-state index is -0.291. The number of carbonyl (C=O) groups excluding carboxylic acids is 2. The standard InChI is InChI=1S/C23H26ClN3O2S/c1-16(2)17-3-7-19(8-4-17)25-22(29)26-13-11-23(12-14-26)27(21(28)15-30-23)20-9-5-18(24)6-10-20/h3-10,16H,11-15H2,1-2H3,(H,25,29). The number of thioether (sulfide) groups is 1. The zero-order valence-corrected chi connectivity index (χ0v) is 18.8. The maximum Gasteiger partial charge on any atom is 0.321 e. The largest absolute Gasteiger partial charge is 0.324 e. The number of piperidine rings is 1. The van der Waals surface area contributed by atoms with Crippen molar-refractivity contribution < 1.29 is 9.59 Å². The molecule has 5 nitrogen and oxygen atoms in total. The van der Waals surface area contributed by atoms with E-state index in [4.69, 9.17) is 11.6 Å². The molecule has 2 aromatic rings. The van der Waals surface area contributed by atoms with Crippen molar-refractivity contribution in [2.24, 2.45) is 0 Å². The predicted molar refractivity (Wildman–Crippen MR) is 124 cm³/mol. The van der Waals surface area contributed by atoms with Gasteiger partial charge in [0.25, 0.3) is 0 Å². The highest BCUT2D eigenvalue weighted by molar-refractivity contribution is 8.02. The summed E-state index contributed by atoms with van der Waals surface area (Å²) in [6, 6.07) is 15.3. The molecule has 2 aliphatic heterocycles. The van der Waals surface area contributed by atoms with Gasteiger partial charge in [0.15, 0.2) is 0 Å². The quantitative estimate of drug-likeness (QED) is 0.674. The van der Waals surface area contributed by atoms with Gasteiger partial charge < -0.3 is 10.2 Å². The van der Waals surface area contributed by atoms with E-state index in [1.807, 2.05) is 46.2 Å². The van der Waals surface area contributed by atoms with Crippen LogP contribution in [0.2, 0.25) is 5.02 Å². The smallest absolute Gasteiger partial charge is 0.321 e. The Labute approximate surface area is 186 Å². The minimum absolute atomic E-state index is 0.0884. The Kier molecular flexibility index (Phi) is 5.98. The first-order valence-electron chi connectivity index (χ1n) is 10.3. The van der Waals surface area contributed by atoms with E-state index in [1.54, 1.807) is 11.8 Å². The lowest BCUT2D eigenvalue weighted by molar-refractivity contribution is -0.116. The highest BCUT2D eigenvalue weighted by Crippen LogP contribution is 2.46. The van der Waals surface area contributed by atoms with E-state index in [0.29, 0.717) is 29.8 Å². The first-order chi connectivity index (χ1) is 14.4. The van der Waals surface area contributed by atoms with Crippen molar-refractivity contribution in [1.29, 1.82) is 0 Å². The molecule has 2 heterocycles. The maximum atomic E-state index is 12.8. The zero-order chi connectivity index (χ0) is 21.3. The summed E-state index contributed by atoms with van der Waals surface area (Å²) < 4.78 is 0. The lowest BCUT2D eigenvalue weighted by Crippen LogP contribution is -2.53. The third kappa shape index (κ3) is 4.16. The number of likely N-dealkylation sites (tertiary alicyclic amines) is 1. The molecule has 0 bridgehead atoms. The van der Waals surface area contributed by atoms with Gasteiger partial charge in [-0.2, -0.15) is 0 Å². The Morgan fingerprint density at radius 2 is 1.70 bits per heavy atom. The Bertz CT molecular complexity index is 922. The van der Waals surface area contributed by atoms with Crippen LogP contribution in [0.1, 0.15) is 38.2 Å². The van der Waals surface area contributed by atoms with Crippen LogP contribution in [0, 0.1) is 0 Å². The molecule has 30 heavy (non-hydrogen) atoms. The van der Waals surface area contributed by atoms with Crippen LogP contribution in [0.3, 0.4) is 0 Å². The number of urea groups is 1. The number of rotatable bonds is 3. The summed E-state index contributed by atoms with van der Waals surface area (Å²) in [6.45, 7) is 5.52. The molecule has 0 unspecified atom stereocenters. The van der Waals surface area contributed by atoms with Gasteiger partial charge in [-0.05, 0) is 60.7 Å². The number of hydrogen-bond donors (Lipinski definition) is 1. The summed E-state index contributed by atoms with van der Waals surface area (Å²) in [5, 5.41) is 3.65. The van der Waals surface area contributed by atoms with Crippen LogP contribution < -0.4 is 10.2 Å². The van der Waals surface area contributed by atoms with Crippen LogP contribution in [0.25, 0.3) is 0 Å². The van der Waals surface area contributed by atoms with Crippen molar-refractivity contribution in [2.75, 3.05) is 29.1 Å². The molecule has 4 rings (SSSR count). The third-order valence-electron chi connectivity index (χ3n) is 5.87. The van der Waals surface area contributed by atoms with E-state index in [0.717, 1.165) is 24.2 Å². The van der Waals surface area contributed by atoms with Crippen LogP contribution in [-0.4, -0.2) is 40.6 Å². The molecule has 0 radical (unpaired) electrons. The van der Waals surface area contributed by atoms with Gasteiger partial charge in [0, 0.05) is 29.5 Å². The molecule has 1 N–H and O–H groups in total. The molecular formula is C23H26ClN3O2S. The lowest BCUT2D eigenvalue weighted by atomic mass is 10.0. The van der Waals surface area contributed by atoms with Crippen LogP contribution in [0.5, 0.6) is 0 Å². The van der Waals surface area contributed by atoms with Crippen LogP contribution in [0.4, 0.5) is 16.2 Å². The molecular weight excluding hydrogens is 418 g/mol. The molecule has 1 spiro atoms. The van der Waals surface area contributed by atoms with Crippen LogP contribution in [0.15, 0.2) is 48.5 Å². The average Bonchev–Trinajstić information content (AvgIpc) is 3.05. The number of halogens is 1. The van der Waals surface area contributed by atoms with Gasteiger partial charge in [-0.3, -0.25) is 9.69 Å². The van der Waals surface area contributed by atoms with Gasteiger partial charge in [0.2, 0.25) is 5.91 Å². The molecule has 7 heteroatoms. The number of benzene rings is 2. The van der Waals surface area contributed by atoms with Crippen molar-refractivity contribution in [1.82, 2.24) is 4.90 Å². The molecule has 2 aliphatic rings. The second-order valence-corrected chi connectivity index (χ2v) is 9.91. The summed E-state index contributed by atoms with van der Waals surface area (Å²) in [5.74, 6) is 1.05. The summed E-state index contributed by atoms with van der Waals surface area (Å²) in [6.07, 6.45) is 1.48. The fraction of sp³-hybridized carbons (Fsp3) is 0.391. The lowest BCUT2D eigenvalue weighted by Gasteiger charge is -2.43. The highest BCUT2D eigenvalue weighted by Gasteiger charge is 2.49. The van der Waals surface area contributed by atoms with E-state index in [1.165, 1.54) is 5.56 Å². The van der Waals surface area contributed by atoms with Crippen molar-refractivity contribution in [3.8, 4) is 0 Å². The normalized spacial score (nSPS) is 18.3. The predicted octanol–water partition coefficient (Wildman–Crippen LogP) is 5.57. The minimum Gasteiger partial charge on any atom is -0.324 e. The van der Waals surface area contributed by atoms with Gasteiger partial charge >= 0.3 is 6.03 Å². The monoisotopic (exact) mass is 443 g/mol. The Balaban J connectivity index is 1.41. The summed E-state index contributed by atoms with van der Waals surface area (Å²) >= 11 is 7.70. The van der Waals surface area contributed by atoms with E-state index < -0.39 is 0 Å². The first kappa shape index (κ1) is 21.1. The molecule has 2 aromatic carbocycles. The topological polar surface area (TPSA) is 52.7 Å². The number of hydrogen-bond acceptors (Lipinski definition) is 3. The molecule has 2 fully saturated rings.